The number of hydrogen-bond acceptors (Lipinski definition) is 5. The smallest absolute Gasteiger partial charge is 0.405 e. The molecule has 1 saturated carbocycles. The van der Waals surface area contributed by atoms with Crippen LogP contribution in [0, 0.1) is 11.3 Å². The lowest BCUT2D eigenvalue weighted by molar-refractivity contribution is -0.129. The number of nitrogens with one attached hydrogen (secondary N) is 2. The van der Waals surface area contributed by atoms with E-state index in [-0.39, 0.29) is 5.91 Å². The van der Waals surface area contributed by atoms with Crippen molar-refractivity contribution >= 4 is 17.9 Å². The minimum Gasteiger partial charge on any atom is -0.465 e. The minimum absolute atomic E-state index is 0.0205. The minimum atomic E-state index is -1.24. The van der Waals surface area contributed by atoms with Gasteiger partial charge in [-0.2, -0.15) is 5.26 Å². The van der Waals surface area contributed by atoms with Crippen molar-refractivity contribution in [1.29, 1.82) is 5.26 Å². The molecule has 1 fully saturated rings. The summed E-state index contributed by atoms with van der Waals surface area (Å²) in [5, 5.41) is 24.1. The second kappa shape index (κ2) is 11.4. The molecule has 3 N–H and O–H groups in total. The van der Waals surface area contributed by atoms with E-state index in [1.54, 1.807) is 12.0 Å². The maximum atomic E-state index is 13.0. The third-order valence-electron chi connectivity index (χ3n) is 7.23. The van der Waals surface area contributed by atoms with Crippen molar-refractivity contribution in [2.75, 3.05) is 20.3 Å². The first-order valence-corrected chi connectivity index (χ1v) is 12.6. The zero-order chi connectivity index (χ0) is 26.4. The molecule has 0 saturated heterocycles. The number of carbonyl (C=O) groups is 3. The van der Waals surface area contributed by atoms with E-state index in [9.17, 15) is 24.8 Å². The lowest BCUT2D eigenvalue weighted by atomic mass is 9.80. The fraction of sp³-hybridized carbons (Fsp3) is 0.429. The molecule has 9 heteroatoms. The highest BCUT2D eigenvalue weighted by Gasteiger charge is 2.41. The van der Waals surface area contributed by atoms with Crippen LogP contribution in [-0.4, -0.2) is 59.8 Å². The van der Waals surface area contributed by atoms with Crippen molar-refractivity contribution in [2.45, 2.75) is 56.7 Å². The third-order valence-corrected chi connectivity index (χ3v) is 7.23. The molecule has 1 atom stereocenters. The Labute approximate surface area is 216 Å². The Kier molecular flexibility index (Phi) is 8.09. The van der Waals surface area contributed by atoms with Gasteiger partial charge in [-0.05, 0) is 47.2 Å². The maximum Gasteiger partial charge on any atom is 0.405 e. The largest absolute Gasteiger partial charge is 0.465 e. The van der Waals surface area contributed by atoms with Crippen molar-refractivity contribution in [1.82, 2.24) is 15.5 Å². The fourth-order valence-electron chi connectivity index (χ4n) is 5.21. The summed E-state index contributed by atoms with van der Waals surface area (Å²) >= 11 is 0. The van der Waals surface area contributed by atoms with Crippen molar-refractivity contribution in [3.8, 4) is 17.2 Å². The first-order chi connectivity index (χ1) is 17.8. The molecule has 1 unspecified atom stereocenters. The summed E-state index contributed by atoms with van der Waals surface area (Å²) in [6.07, 6.45) is 2.39. The Morgan fingerprint density at radius 1 is 1.14 bits per heavy atom. The summed E-state index contributed by atoms with van der Waals surface area (Å²) in [6.45, 7) is 1.61. The van der Waals surface area contributed by atoms with Gasteiger partial charge in [-0.25, -0.2) is 4.79 Å². The van der Waals surface area contributed by atoms with Gasteiger partial charge in [0, 0.05) is 32.2 Å². The molecule has 194 valence electrons. The average Bonchev–Trinajstić information content (AvgIpc) is 3.22. The van der Waals surface area contributed by atoms with Crippen LogP contribution in [0.2, 0.25) is 0 Å². The molecule has 2 aromatic rings. The molecule has 0 spiro atoms. The summed E-state index contributed by atoms with van der Waals surface area (Å²) < 4.78 is 5.10. The van der Waals surface area contributed by atoms with E-state index in [4.69, 9.17) is 4.74 Å². The summed E-state index contributed by atoms with van der Waals surface area (Å²) in [7, 11) is 1.62. The number of hydrogen-bond donors (Lipinski definition) is 3. The highest BCUT2D eigenvalue weighted by molar-refractivity contribution is 5.99. The van der Waals surface area contributed by atoms with Crippen molar-refractivity contribution in [3.05, 3.63) is 59.2 Å². The topological polar surface area (TPSA) is 132 Å². The standard InChI is InChI=1S/C28H32N4O5/c1-37-14-13-32-18-22-16-21(9-10-24(22)25(32)33)20-7-5-19(6-8-20)15-23(17-29)30-26(34)28(31-27(35)36)11-3-2-4-12-28/h5-10,16,23,31H,2-4,11-15,18H2,1H3,(H,30,34)(H,35,36). The number of methoxy groups -OCH3 is 1. The van der Waals surface area contributed by atoms with Crippen molar-refractivity contribution in [2.24, 2.45) is 0 Å². The number of carbonyl (C=O) groups excluding carboxylic acids is 2. The van der Waals surface area contributed by atoms with Gasteiger partial charge >= 0.3 is 6.09 Å². The lowest BCUT2D eigenvalue weighted by Gasteiger charge is -2.36. The molecule has 1 aliphatic carbocycles. The van der Waals surface area contributed by atoms with E-state index in [1.807, 2.05) is 42.5 Å². The Morgan fingerprint density at radius 3 is 2.49 bits per heavy atom. The Morgan fingerprint density at radius 2 is 1.84 bits per heavy atom. The van der Waals surface area contributed by atoms with E-state index in [2.05, 4.69) is 16.7 Å². The maximum absolute atomic E-state index is 13.0. The number of carboxylic acid groups (broad SMARTS) is 1. The predicted octanol–water partition coefficient (Wildman–Crippen LogP) is 3.48. The van der Waals surface area contributed by atoms with Crippen molar-refractivity contribution < 1.29 is 24.2 Å². The number of amides is 3. The monoisotopic (exact) mass is 504 g/mol. The van der Waals surface area contributed by atoms with Gasteiger partial charge in [0.25, 0.3) is 5.91 Å². The Balaban J connectivity index is 1.41. The van der Waals surface area contributed by atoms with Gasteiger partial charge in [0.2, 0.25) is 5.91 Å². The van der Waals surface area contributed by atoms with E-state index in [1.165, 1.54) is 0 Å². The second-order valence-corrected chi connectivity index (χ2v) is 9.72. The molecule has 0 bridgehead atoms. The molecule has 2 aliphatic rings. The molecule has 9 nitrogen and oxygen atoms in total. The van der Waals surface area contributed by atoms with Crippen LogP contribution in [0.25, 0.3) is 11.1 Å². The van der Waals surface area contributed by atoms with Crippen LogP contribution in [-0.2, 0) is 22.5 Å². The van der Waals surface area contributed by atoms with E-state index >= 15 is 0 Å². The van der Waals surface area contributed by atoms with Crippen LogP contribution in [0.15, 0.2) is 42.5 Å². The Bertz CT molecular complexity index is 1200. The molecule has 0 aromatic heterocycles. The van der Waals surface area contributed by atoms with Crippen LogP contribution in [0.1, 0.15) is 53.6 Å². The van der Waals surface area contributed by atoms with Gasteiger partial charge in [0.15, 0.2) is 0 Å². The highest BCUT2D eigenvalue weighted by Crippen LogP contribution is 2.30. The van der Waals surface area contributed by atoms with Crippen LogP contribution in [0.4, 0.5) is 4.79 Å². The Hall–Kier alpha value is -3.90. The molecular formula is C28H32N4O5. The first kappa shape index (κ1) is 26.2. The molecule has 1 aliphatic heterocycles. The number of ether oxygens (including phenoxy) is 1. The summed E-state index contributed by atoms with van der Waals surface area (Å²) in [5.41, 5.74) is 3.38. The second-order valence-electron chi connectivity index (χ2n) is 9.72. The highest BCUT2D eigenvalue weighted by atomic mass is 16.5. The van der Waals surface area contributed by atoms with E-state index in [0.717, 1.165) is 47.1 Å². The van der Waals surface area contributed by atoms with Crippen LogP contribution < -0.4 is 10.6 Å². The van der Waals surface area contributed by atoms with Gasteiger partial charge in [-0.3, -0.25) is 9.59 Å². The molecule has 4 rings (SSSR count). The summed E-state index contributed by atoms with van der Waals surface area (Å²) in [4.78, 5) is 38.7. The van der Waals surface area contributed by atoms with Gasteiger partial charge in [0.1, 0.15) is 11.6 Å². The zero-order valence-electron chi connectivity index (χ0n) is 21.0. The van der Waals surface area contributed by atoms with Gasteiger partial charge in [-0.1, -0.05) is 49.6 Å². The molecule has 0 radical (unpaired) electrons. The molecule has 2 aromatic carbocycles. The van der Waals surface area contributed by atoms with E-state index in [0.29, 0.717) is 39.0 Å². The number of rotatable bonds is 9. The molecular weight excluding hydrogens is 472 g/mol. The summed E-state index contributed by atoms with van der Waals surface area (Å²) in [5.74, 6) is -0.419. The first-order valence-electron chi connectivity index (χ1n) is 12.6. The molecule has 3 amide bonds. The van der Waals surface area contributed by atoms with Crippen molar-refractivity contribution in [3.63, 3.8) is 0 Å². The fourth-order valence-corrected chi connectivity index (χ4v) is 5.21. The third kappa shape index (κ3) is 5.92. The van der Waals surface area contributed by atoms with Gasteiger partial charge in [-0.15, -0.1) is 0 Å². The zero-order valence-corrected chi connectivity index (χ0v) is 21.0. The molecule has 1 heterocycles. The number of nitrogens with zero attached hydrogens (tertiary/aromatic N) is 2. The normalized spacial score (nSPS) is 17.0. The lowest BCUT2D eigenvalue weighted by Crippen LogP contribution is -2.61. The van der Waals surface area contributed by atoms with Gasteiger partial charge < -0.3 is 25.4 Å². The van der Waals surface area contributed by atoms with Crippen LogP contribution >= 0.6 is 0 Å². The predicted molar refractivity (Wildman–Crippen MR) is 137 cm³/mol. The SMILES string of the molecule is COCCN1Cc2cc(-c3ccc(CC(C#N)NC(=O)C4(NC(=O)O)CCCCC4)cc3)ccc2C1=O. The van der Waals surface area contributed by atoms with Gasteiger partial charge in [0.05, 0.1) is 12.7 Å². The number of nitriles is 1. The average molecular weight is 505 g/mol. The number of fused-ring (bicyclic) bond motifs is 1. The molecule has 37 heavy (non-hydrogen) atoms. The van der Waals surface area contributed by atoms with E-state index < -0.39 is 23.6 Å². The van der Waals surface area contributed by atoms with Crippen LogP contribution in [0.3, 0.4) is 0 Å². The van der Waals surface area contributed by atoms with Crippen LogP contribution in [0.5, 0.6) is 0 Å². The summed E-state index contributed by atoms with van der Waals surface area (Å²) in [6, 6.07) is 14.9. The number of benzene rings is 2. The quantitative estimate of drug-likeness (QED) is 0.479.